The Morgan fingerprint density at radius 2 is 0.540 bits per heavy atom. The number of nitro groups is 4. The van der Waals surface area contributed by atoms with Crippen molar-refractivity contribution < 1.29 is 19.7 Å². The fourth-order valence-corrected chi connectivity index (χ4v) is 4.83. The molecule has 0 aliphatic carbocycles. The molecule has 4 aromatic carbocycles. The van der Waals surface area contributed by atoms with Crippen molar-refractivity contribution in [2.24, 2.45) is 0 Å². The quantitative estimate of drug-likeness (QED) is 0.0914. The summed E-state index contributed by atoms with van der Waals surface area (Å²) in [4.78, 5) is 54.0. The molecule has 0 amide bonds. The van der Waals surface area contributed by atoms with E-state index in [2.05, 4.69) is 0 Å². The number of benzene rings is 4. The highest BCUT2D eigenvalue weighted by atomic mass is 16.6. The SMILES string of the molecule is O=[N+]([O-])c1ccccc1/C=C/c1nc(/C=C/c2ccccc2[N+](=O)[O-])c(/C=C/c2ccccc2[N+](=O)[O-])nc1/C=C/c1ccccc1[N+](=O)[O-]. The van der Waals surface area contributed by atoms with Crippen LogP contribution in [0.1, 0.15) is 45.0 Å². The van der Waals surface area contributed by atoms with E-state index >= 15 is 0 Å². The summed E-state index contributed by atoms with van der Waals surface area (Å²) < 4.78 is 0. The fraction of sp³-hybridized carbons (Fsp3) is 0. The standard InChI is InChI=1S/C36H24N6O8/c43-39(44)33-13-5-1-9-25(33)17-21-29-30(22-18-26-10-2-6-14-34(26)40(45)46)38-32(24-20-28-12-4-8-16-36(28)42(49)50)31(37-29)23-19-27-11-3-7-15-35(27)41(47)48/h1-24H/b21-17+,22-18+,23-19+,24-20+. The number of nitrogens with zero attached hydrogens (tertiary/aromatic N) is 6. The molecule has 0 spiro atoms. The lowest BCUT2D eigenvalue weighted by molar-refractivity contribution is -0.385. The number of hydrogen-bond donors (Lipinski definition) is 0. The van der Waals surface area contributed by atoms with E-state index in [1.807, 2.05) is 0 Å². The fourth-order valence-electron chi connectivity index (χ4n) is 4.83. The van der Waals surface area contributed by atoms with Gasteiger partial charge in [-0.3, -0.25) is 40.5 Å². The van der Waals surface area contributed by atoms with Crippen molar-refractivity contribution in [3.05, 3.63) is 183 Å². The van der Waals surface area contributed by atoms with Crippen LogP contribution < -0.4 is 0 Å². The van der Waals surface area contributed by atoms with Gasteiger partial charge in [0.05, 0.1) is 64.7 Å². The van der Waals surface area contributed by atoms with Crippen molar-refractivity contribution in [3.63, 3.8) is 0 Å². The van der Waals surface area contributed by atoms with Gasteiger partial charge in [-0.25, -0.2) is 9.97 Å². The average molecular weight is 669 g/mol. The number of para-hydroxylation sites is 4. The predicted molar refractivity (Wildman–Crippen MR) is 190 cm³/mol. The molecule has 0 fully saturated rings. The second kappa shape index (κ2) is 15.4. The number of rotatable bonds is 12. The Morgan fingerprint density at radius 1 is 0.340 bits per heavy atom. The molecule has 5 rings (SSSR count). The maximum absolute atomic E-state index is 11.7. The van der Waals surface area contributed by atoms with E-state index in [-0.39, 0.29) is 67.8 Å². The van der Waals surface area contributed by atoms with Crippen molar-refractivity contribution in [2.75, 3.05) is 0 Å². The van der Waals surface area contributed by atoms with E-state index in [0.29, 0.717) is 0 Å². The third-order valence-electron chi connectivity index (χ3n) is 7.22. The first-order valence-corrected chi connectivity index (χ1v) is 14.7. The summed E-state index contributed by atoms with van der Waals surface area (Å²) in [5.74, 6) is 0. The highest BCUT2D eigenvalue weighted by molar-refractivity contribution is 5.84. The van der Waals surface area contributed by atoms with E-state index in [0.717, 1.165) is 0 Å². The molecule has 0 saturated carbocycles. The van der Waals surface area contributed by atoms with Crippen LogP contribution >= 0.6 is 0 Å². The van der Waals surface area contributed by atoms with Crippen LogP contribution in [0.15, 0.2) is 97.1 Å². The van der Waals surface area contributed by atoms with E-state index < -0.39 is 19.7 Å². The van der Waals surface area contributed by atoms with E-state index in [4.69, 9.17) is 9.97 Å². The number of hydrogen-bond acceptors (Lipinski definition) is 10. The minimum atomic E-state index is -0.529. The summed E-state index contributed by atoms with van der Waals surface area (Å²) in [6, 6.07) is 24.2. The number of nitro benzene ring substituents is 4. The normalized spacial score (nSPS) is 11.5. The third kappa shape index (κ3) is 8.08. The maximum atomic E-state index is 11.7. The Bertz CT molecular complexity index is 1950. The van der Waals surface area contributed by atoms with Gasteiger partial charge in [0.1, 0.15) is 0 Å². The zero-order valence-corrected chi connectivity index (χ0v) is 25.8. The third-order valence-corrected chi connectivity index (χ3v) is 7.22. The molecule has 0 N–H and O–H groups in total. The Kier molecular flexibility index (Phi) is 10.4. The minimum absolute atomic E-state index is 0.158. The molecule has 1 heterocycles. The molecule has 246 valence electrons. The maximum Gasteiger partial charge on any atom is 0.276 e. The van der Waals surface area contributed by atoms with Crippen LogP contribution in [0.3, 0.4) is 0 Å². The zero-order valence-electron chi connectivity index (χ0n) is 25.8. The first-order valence-electron chi connectivity index (χ1n) is 14.7. The molecular weight excluding hydrogens is 644 g/mol. The summed E-state index contributed by atoms with van der Waals surface area (Å²) in [6.45, 7) is 0. The first kappa shape index (κ1) is 33.9. The molecule has 0 saturated heterocycles. The largest absolute Gasteiger partial charge is 0.276 e. The molecule has 0 atom stereocenters. The van der Waals surface area contributed by atoms with Crippen molar-refractivity contribution in [1.29, 1.82) is 0 Å². The van der Waals surface area contributed by atoms with E-state index in [1.165, 1.54) is 97.1 Å². The van der Waals surface area contributed by atoms with Crippen LogP contribution in [0, 0.1) is 40.5 Å². The molecule has 14 nitrogen and oxygen atoms in total. The zero-order chi connectivity index (χ0) is 35.6. The average Bonchev–Trinajstić information content (AvgIpc) is 3.12. The van der Waals surface area contributed by atoms with Crippen LogP contribution in [-0.4, -0.2) is 29.7 Å². The Hall–Kier alpha value is -7.48. The van der Waals surface area contributed by atoms with Crippen molar-refractivity contribution in [2.45, 2.75) is 0 Å². The summed E-state index contributed by atoms with van der Waals surface area (Å²) in [5.41, 5.74) is 1.23. The molecule has 5 aromatic rings. The van der Waals surface area contributed by atoms with Gasteiger partial charge < -0.3 is 0 Å². The molecule has 50 heavy (non-hydrogen) atoms. The topological polar surface area (TPSA) is 198 Å². The predicted octanol–water partition coefficient (Wildman–Crippen LogP) is 8.79. The molecule has 14 heteroatoms. The lowest BCUT2D eigenvalue weighted by Crippen LogP contribution is -2.00. The van der Waals surface area contributed by atoms with Gasteiger partial charge in [0.15, 0.2) is 0 Å². The summed E-state index contributed by atoms with van der Waals surface area (Å²) >= 11 is 0. The monoisotopic (exact) mass is 668 g/mol. The van der Waals surface area contributed by atoms with Crippen molar-refractivity contribution in [3.8, 4) is 0 Å². The number of aromatic nitrogens is 2. The summed E-state index contributed by atoms with van der Waals surface area (Å²) in [6.07, 6.45) is 11.9. The Labute approximate surface area is 283 Å². The molecule has 1 aromatic heterocycles. The molecule has 0 radical (unpaired) electrons. The minimum Gasteiger partial charge on any atom is -0.258 e. The van der Waals surface area contributed by atoms with Crippen LogP contribution in [0.25, 0.3) is 48.6 Å². The second-order valence-corrected chi connectivity index (χ2v) is 10.4. The van der Waals surface area contributed by atoms with Crippen molar-refractivity contribution in [1.82, 2.24) is 9.97 Å². The lowest BCUT2D eigenvalue weighted by atomic mass is 10.1. The van der Waals surface area contributed by atoms with E-state index in [1.54, 1.807) is 48.5 Å². The van der Waals surface area contributed by atoms with Crippen LogP contribution in [-0.2, 0) is 0 Å². The molecule has 0 bridgehead atoms. The van der Waals surface area contributed by atoms with Gasteiger partial charge in [-0.2, -0.15) is 0 Å². The molecule has 0 aliphatic heterocycles. The highest BCUT2D eigenvalue weighted by Gasteiger charge is 2.15. The van der Waals surface area contributed by atoms with Gasteiger partial charge >= 0.3 is 0 Å². The van der Waals surface area contributed by atoms with Crippen molar-refractivity contribution >= 4 is 71.4 Å². The highest BCUT2D eigenvalue weighted by Crippen LogP contribution is 2.27. The van der Waals surface area contributed by atoms with Gasteiger partial charge in [-0.1, -0.05) is 48.5 Å². The lowest BCUT2D eigenvalue weighted by Gasteiger charge is -2.08. The molecular formula is C36H24N6O8. The summed E-state index contributed by atoms with van der Waals surface area (Å²) in [5, 5.41) is 46.7. The molecule has 0 unspecified atom stereocenters. The summed E-state index contributed by atoms with van der Waals surface area (Å²) in [7, 11) is 0. The Morgan fingerprint density at radius 3 is 0.740 bits per heavy atom. The van der Waals surface area contributed by atoms with E-state index in [9.17, 15) is 40.5 Å². The van der Waals surface area contributed by atoms with Gasteiger partial charge in [0.25, 0.3) is 22.7 Å². The first-order chi connectivity index (χ1) is 24.1. The van der Waals surface area contributed by atoms with Gasteiger partial charge in [-0.15, -0.1) is 0 Å². The van der Waals surface area contributed by atoms with Crippen LogP contribution in [0.4, 0.5) is 22.7 Å². The van der Waals surface area contributed by atoms with Gasteiger partial charge in [0, 0.05) is 24.3 Å². The molecule has 0 aliphatic rings. The smallest absolute Gasteiger partial charge is 0.258 e. The van der Waals surface area contributed by atoms with Gasteiger partial charge in [0.2, 0.25) is 0 Å². The second-order valence-electron chi connectivity index (χ2n) is 10.4. The van der Waals surface area contributed by atoms with Crippen LogP contribution in [0.2, 0.25) is 0 Å². The van der Waals surface area contributed by atoms with Gasteiger partial charge in [-0.05, 0) is 72.9 Å². The van der Waals surface area contributed by atoms with Crippen LogP contribution in [0.5, 0.6) is 0 Å². The Balaban J connectivity index is 1.73.